The number of carbonyl (C=O) groups excluding carboxylic acids is 4. The van der Waals surface area contributed by atoms with Gasteiger partial charge in [-0.25, -0.2) is 9.59 Å². The molecule has 3 rings (SSSR count). The summed E-state index contributed by atoms with van der Waals surface area (Å²) in [5, 5.41) is 0.355. The van der Waals surface area contributed by atoms with E-state index < -0.39 is 23.8 Å². The maximum Gasteiger partial charge on any atom is 0.338 e. The summed E-state index contributed by atoms with van der Waals surface area (Å²) < 4.78 is 15.7. The standard InChI is InChI=1S/C26H26ClNO7/c1-5-33-25(31)17-8-7-9-19(12-17)28-15(3)24(26(32)34-6-2)21(14-23(28)30)20-13-18(27)10-11-22(20)35-16(4)29/h7-13,21H,5-6,14H2,1-4H3. The van der Waals surface area contributed by atoms with E-state index in [9.17, 15) is 19.2 Å². The van der Waals surface area contributed by atoms with Crippen molar-refractivity contribution in [1.29, 1.82) is 0 Å². The van der Waals surface area contributed by atoms with Crippen LogP contribution in [-0.4, -0.2) is 37.0 Å². The number of hydrogen-bond donors (Lipinski definition) is 0. The predicted octanol–water partition coefficient (Wildman–Crippen LogP) is 4.80. The molecule has 0 aliphatic carbocycles. The molecule has 2 aromatic rings. The Morgan fingerprint density at radius 2 is 1.71 bits per heavy atom. The van der Waals surface area contributed by atoms with Crippen LogP contribution in [0.3, 0.4) is 0 Å². The third kappa shape index (κ3) is 5.71. The fourth-order valence-electron chi connectivity index (χ4n) is 4.06. The highest BCUT2D eigenvalue weighted by molar-refractivity contribution is 6.30. The fourth-order valence-corrected chi connectivity index (χ4v) is 4.24. The molecule has 0 fully saturated rings. The Hall–Kier alpha value is -3.65. The summed E-state index contributed by atoms with van der Waals surface area (Å²) in [5.74, 6) is -2.57. The number of anilines is 1. The van der Waals surface area contributed by atoms with Crippen molar-refractivity contribution < 1.29 is 33.4 Å². The number of benzene rings is 2. The molecule has 0 saturated carbocycles. The van der Waals surface area contributed by atoms with Gasteiger partial charge in [-0.3, -0.25) is 14.5 Å². The van der Waals surface area contributed by atoms with Gasteiger partial charge in [-0.2, -0.15) is 0 Å². The van der Waals surface area contributed by atoms with E-state index in [-0.39, 0.29) is 42.4 Å². The second-order valence-electron chi connectivity index (χ2n) is 7.75. The van der Waals surface area contributed by atoms with Crippen molar-refractivity contribution in [3.05, 3.63) is 69.9 Å². The molecule has 1 atom stereocenters. The molecule has 0 spiro atoms. The molecule has 2 aromatic carbocycles. The minimum Gasteiger partial charge on any atom is -0.463 e. The molecule has 0 radical (unpaired) electrons. The average Bonchev–Trinajstić information content (AvgIpc) is 2.80. The summed E-state index contributed by atoms with van der Waals surface area (Å²) in [7, 11) is 0. The van der Waals surface area contributed by atoms with Crippen LogP contribution >= 0.6 is 11.6 Å². The highest BCUT2D eigenvalue weighted by Gasteiger charge is 2.39. The van der Waals surface area contributed by atoms with Gasteiger partial charge in [0, 0.05) is 41.2 Å². The van der Waals surface area contributed by atoms with Crippen molar-refractivity contribution in [2.75, 3.05) is 18.1 Å². The summed E-state index contributed by atoms with van der Waals surface area (Å²) in [6.07, 6.45) is -0.121. The normalized spacial score (nSPS) is 15.6. The second kappa shape index (κ2) is 11.2. The Balaban J connectivity index is 2.17. The van der Waals surface area contributed by atoms with E-state index in [1.54, 1.807) is 51.1 Å². The lowest BCUT2D eigenvalue weighted by Crippen LogP contribution is -2.38. The van der Waals surface area contributed by atoms with Crippen LogP contribution in [0.15, 0.2) is 53.7 Å². The van der Waals surface area contributed by atoms with E-state index in [1.807, 2.05) is 0 Å². The van der Waals surface area contributed by atoms with Crippen molar-refractivity contribution in [1.82, 2.24) is 0 Å². The van der Waals surface area contributed by atoms with Crippen molar-refractivity contribution in [3.63, 3.8) is 0 Å². The Labute approximate surface area is 208 Å². The molecule has 0 saturated heterocycles. The second-order valence-corrected chi connectivity index (χ2v) is 8.19. The third-order valence-corrected chi connectivity index (χ3v) is 5.65. The summed E-state index contributed by atoms with van der Waals surface area (Å²) in [4.78, 5) is 51.8. The molecule has 0 aromatic heterocycles. The molecule has 9 heteroatoms. The van der Waals surface area contributed by atoms with Crippen LogP contribution in [0.5, 0.6) is 5.75 Å². The molecule has 1 heterocycles. The first-order valence-corrected chi connectivity index (χ1v) is 11.5. The van der Waals surface area contributed by atoms with E-state index >= 15 is 0 Å². The largest absolute Gasteiger partial charge is 0.463 e. The molecule has 1 amide bonds. The number of ether oxygens (including phenoxy) is 3. The van der Waals surface area contributed by atoms with E-state index in [0.29, 0.717) is 22.0 Å². The lowest BCUT2D eigenvalue weighted by Gasteiger charge is -2.35. The summed E-state index contributed by atoms with van der Waals surface area (Å²) in [6.45, 7) is 6.61. The van der Waals surface area contributed by atoms with Gasteiger partial charge < -0.3 is 14.2 Å². The van der Waals surface area contributed by atoms with E-state index in [2.05, 4.69) is 0 Å². The van der Waals surface area contributed by atoms with Gasteiger partial charge in [-0.15, -0.1) is 0 Å². The molecule has 184 valence electrons. The van der Waals surface area contributed by atoms with Crippen molar-refractivity contribution in [2.24, 2.45) is 0 Å². The average molecular weight is 500 g/mol. The highest BCUT2D eigenvalue weighted by Crippen LogP contribution is 2.43. The monoisotopic (exact) mass is 499 g/mol. The summed E-state index contributed by atoms with van der Waals surface area (Å²) >= 11 is 6.22. The van der Waals surface area contributed by atoms with Gasteiger partial charge in [-0.1, -0.05) is 17.7 Å². The first kappa shape index (κ1) is 26.0. The summed E-state index contributed by atoms with van der Waals surface area (Å²) in [6, 6.07) is 11.1. The molecular weight excluding hydrogens is 474 g/mol. The highest BCUT2D eigenvalue weighted by atomic mass is 35.5. The number of esters is 3. The van der Waals surface area contributed by atoms with Crippen LogP contribution in [-0.2, 0) is 23.9 Å². The molecule has 0 bridgehead atoms. The number of hydrogen-bond acceptors (Lipinski definition) is 7. The minimum atomic E-state index is -0.765. The number of nitrogens with zero attached hydrogens (tertiary/aromatic N) is 1. The molecule has 0 N–H and O–H groups in total. The molecule has 8 nitrogen and oxygen atoms in total. The quantitative estimate of drug-likeness (QED) is 0.398. The van der Waals surface area contributed by atoms with Crippen molar-refractivity contribution >= 4 is 41.1 Å². The van der Waals surface area contributed by atoms with Gasteiger partial charge in [0.25, 0.3) is 0 Å². The number of halogens is 1. The zero-order chi connectivity index (χ0) is 25.7. The topological polar surface area (TPSA) is 99.2 Å². The fraction of sp³-hybridized carbons (Fsp3) is 0.308. The van der Waals surface area contributed by atoms with Crippen LogP contribution in [0.25, 0.3) is 0 Å². The zero-order valence-corrected chi connectivity index (χ0v) is 20.7. The van der Waals surface area contributed by atoms with Crippen LogP contribution in [0, 0.1) is 0 Å². The molecule has 35 heavy (non-hydrogen) atoms. The van der Waals surface area contributed by atoms with Gasteiger partial charge in [0.2, 0.25) is 5.91 Å². The Bertz CT molecular complexity index is 1200. The maximum atomic E-state index is 13.4. The molecular formula is C26H26ClNO7. The maximum absolute atomic E-state index is 13.4. The van der Waals surface area contributed by atoms with Gasteiger partial charge in [0.1, 0.15) is 5.75 Å². The lowest BCUT2D eigenvalue weighted by atomic mass is 9.83. The molecule has 1 aliphatic rings. The summed E-state index contributed by atoms with van der Waals surface area (Å²) in [5.41, 5.74) is 1.66. The number of carbonyl (C=O) groups is 4. The van der Waals surface area contributed by atoms with Crippen molar-refractivity contribution in [3.8, 4) is 5.75 Å². The van der Waals surface area contributed by atoms with Gasteiger partial charge in [0.15, 0.2) is 0 Å². The Morgan fingerprint density at radius 3 is 2.37 bits per heavy atom. The third-order valence-electron chi connectivity index (χ3n) is 5.41. The van der Waals surface area contributed by atoms with Gasteiger partial charge in [-0.05, 0) is 57.2 Å². The van der Waals surface area contributed by atoms with Crippen LogP contribution in [0.1, 0.15) is 56.0 Å². The van der Waals surface area contributed by atoms with Crippen LogP contribution < -0.4 is 9.64 Å². The van der Waals surface area contributed by atoms with E-state index in [0.717, 1.165) is 0 Å². The lowest BCUT2D eigenvalue weighted by molar-refractivity contribution is -0.139. The zero-order valence-electron chi connectivity index (χ0n) is 19.9. The van der Waals surface area contributed by atoms with Crippen molar-refractivity contribution in [2.45, 2.75) is 40.0 Å². The SMILES string of the molecule is CCOC(=O)C1=C(C)N(c2cccc(C(=O)OCC)c2)C(=O)CC1c1cc(Cl)ccc1OC(C)=O. The van der Waals surface area contributed by atoms with Gasteiger partial charge in [0.05, 0.1) is 24.4 Å². The Kier molecular flexibility index (Phi) is 8.30. The number of allylic oxidation sites excluding steroid dienone is 1. The first-order valence-electron chi connectivity index (χ1n) is 11.1. The molecule has 1 unspecified atom stereocenters. The van der Waals surface area contributed by atoms with E-state index in [4.69, 9.17) is 25.8 Å². The Morgan fingerprint density at radius 1 is 1.03 bits per heavy atom. The van der Waals surface area contributed by atoms with Gasteiger partial charge >= 0.3 is 17.9 Å². The van der Waals surface area contributed by atoms with Crippen LogP contribution in [0.2, 0.25) is 5.02 Å². The predicted molar refractivity (Wildman–Crippen MR) is 129 cm³/mol. The van der Waals surface area contributed by atoms with Crippen LogP contribution in [0.4, 0.5) is 5.69 Å². The number of rotatable bonds is 7. The number of amides is 1. The van der Waals surface area contributed by atoms with E-state index in [1.165, 1.54) is 24.0 Å². The minimum absolute atomic E-state index is 0.121. The smallest absolute Gasteiger partial charge is 0.338 e. The first-order chi connectivity index (χ1) is 16.7. The molecule has 1 aliphatic heterocycles.